The van der Waals surface area contributed by atoms with Gasteiger partial charge in [-0.3, -0.25) is 28.9 Å². The number of rotatable bonds is 23. The minimum Gasteiger partial charge on any atom is -0.480 e. The summed E-state index contributed by atoms with van der Waals surface area (Å²) in [7, 11) is 0. The molecule has 208 valence electrons. The molecule has 0 fully saturated rings. The molecular weight excluding hydrogens is 470 g/mol. The second-order valence-corrected chi connectivity index (χ2v) is 9.42. The van der Waals surface area contributed by atoms with Crippen molar-refractivity contribution < 1.29 is 39.3 Å². The van der Waals surface area contributed by atoms with Crippen molar-refractivity contribution in [3.05, 3.63) is 0 Å². The first-order chi connectivity index (χ1) is 17.0. The van der Waals surface area contributed by atoms with Crippen LogP contribution in [0.4, 0.5) is 0 Å². The second-order valence-electron chi connectivity index (χ2n) is 9.42. The van der Waals surface area contributed by atoms with E-state index in [9.17, 15) is 29.1 Å². The van der Waals surface area contributed by atoms with Gasteiger partial charge >= 0.3 is 17.9 Å². The molecule has 1 unspecified atom stereocenters. The molecule has 0 radical (unpaired) electrons. The zero-order valence-corrected chi connectivity index (χ0v) is 21.8. The first-order valence-corrected chi connectivity index (χ1v) is 13.0. The van der Waals surface area contributed by atoms with Crippen LogP contribution in [0.25, 0.3) is 0 Å². The van der Waals surface area contributed by atoms with Gasteiger partial charge in [-0.2, -0.15) is 0 Å². The molecule has 1 atom stereocenters. The molecule has 0 aromatic carbocycles. The number of amides is 2. The van der Waals surface area contributed by atoms with Gasteiger partial charge in [-0.25, -0.2) is 0 Å². The number of carbonyl (C=O) groups excluding carboxylic acids is 2. The number of carboxylic acid groups (broad SMARTS) is 3. The largest absolute Gasteiger partial charge is 0.480 e. The summed E-state index contributed by atoms with van der Waals surface area (Å²) in [5.74, 6) is -3.78. The van der Waals surface area contributed by atoms with E-state index in [0.29, 0.717) is 25.8 Å². The fourth-order valence-electron chi connectivity index (χ4n) is 3.75. The Kier molecular flexibility index (Phi) is 19.0. The third-order valence-electron chi connectivity index (χ3n) is 5.78. The molecule has 0 saturated heterocycles. The minimum atomic E-state index is -1.29. The molecular formula is C25H45N3O8. The number of nitrogens with one attached hydrogen (secondary N) is 2. The van der Waals surface area contributed by atoms with Crippen LogP contribution < -0.4 is 10.6 Å². The molecule has 0 spiro atoms. The van der Waals surface area contributed by atoms with Crippen LogP contribution in [0.2, 0.25) is 0 Å². The highest BCUT2D eigenvalue weighted by atomic mass is 16.4. The summed E-state index contributed by atoms with van der Waals surface area (Å²) in [4.78, 5) is 57.6. The van der Waals surface area contributed by atoms with Gasteiger partial charge in [0.05, 0.1) is 13.1 Å². The zero-order chi connectivity index (χ0) is 27.3. The highest BCUT2D eigenvalue weighted by Gasteiger charge is 2.28. The number of hydrogen-bond acceptors (Lipinski definition) is 6. The Balaban J connectivity index is 3.81. The quantitative estimate of drug-likeness (QED) is 0.128. The predicted molar refractivity (Wildman–Crippen MR) is 135 cm³/mol. The highest BCUT2D eigenvalue weighted by Crippen LogP contribution is 2.11. The Morgan fingerprint density at radius 3 is 1.64 bits per heavy atom. The average Bonchev–Trinajstić information content (AvgIpc) is 2.78. The van der Waals surface area contributed by atoms with Crippen LogP contribution in [-0.4, -0.2) is 82.2 Å². The van der Waals surface area contributed by atoms with Crippen molar-refractivity contribution in [2.45, 2.75) is 96.9 Å². The van der Waals surface area contributed by atoms with Gasteiger partial charge in [-0.15, -0.1) is 0 Å². The van der Waals surface area contributed by atoms with Crippen molar-refractivity contribution in [1.82, 2.24) is 15.5 Å². The molecule has 0 heterocycles. The smallest absolute Gasteiger partial charge is 0.320 e. The maximum Gasteiger partial charge on any atom is 0.320 e. The molecule has 2 amide bonds. The third kappa shape index (κ3) is 18.6. The van der Waals surface area contributed by atoms with Crippen LogP contribution in [0.5, 0.6) is 0 Å². The molecule has 11 nitrogen and oxygen atoms in total. The summed E-state index contributed by atoms with van der Waals surface area (Å²) in [5.41, 5.74) is 0. The number of aliphatic carboxylic acids is 3. The number of unbranched alkanes of at least 4 members (excludes halogenated alkanes) is 8. The monoisotopic (exact) mass is 515 g/mol. The van der Waals surface area contributed by atoms with Crippen molar-refractivity contribution in [1.29, 1.82) is 0 Å². The summed E-state index contributed by atoms with van der Waals surface area (Å²) in [6.45, 7) is 3.55. The topological polar surface area (TPSA) is 173 Å². The van der Waals surface area contributed by atoms with Crippen LogP contribution >= 0.6 is 0 Å². The van der Waals surface area contributed by atoms with Gasteiger partial charge in [0.25, 0.3) is 0 Å². The maximum atomic E-state index is 12.0. The summed E-state index contributed by atoms with van der Waals surface area (Å²) >= 11 is 0. The first-order valence-electron chi connectivity index (χ1n) is 13.0. The standard InChI is InChI=1S/C25H45N3O8/c1-19(2)24(34)27-16-11-8-6-4-3-5-7-9-14-21(29)26-15-12-10-13-20(25(35)36)28(17-22(30)31)18-23(32)33/h19-20H,3-18H2,1-2H3,(H,26,29)(H,27,34)(H,30,31)(H,32,33)(H,35,36). The van der Waals surface area contributed by atoms with Gasteiger partial charge < -0.3 is 26.0 Å². The van der Waals surface area contributed by atoms with Crippen molar-refractivity contribution in [2.75, 3.05) is 26.2 Å². The summed E-state index contributed by atoms with van der Waals surface area (Å²) in [6, 6.07) is -1.21. The third-order valence-corrected chi connectivity index (χ3v) is 5.78. The Hall–Kier alpha value is -2.69. The molecule has 11 heteroatoms. The molecule has 0 aromatic rings. The molecule has 0 bridgehead atoms. The predicted octanol–water partition coefficient (Wildman–Crippen LogP) is 2.48. The summed E-state index contributed by atoms with van der Waals surface area (Å²) in [5, 5.41) is 32.9. The molecule has 0 aliphatic heterocycles. The number of carboxylic acids is 3. The van der Waals surface area contributed by atoms with Crippen molar-refractivity contribution in [2.24, 2.45) is 5.92 Å². The molecule has 36 heavy (non-hydrogen) atoms. The fraction of sp³-hybridized carbons (Fsp3) is 0.800. The highest BCUT2D eigenvalue weighted by molar-refractivity contribution is 5.78. The number of carbonyl (C=O) groups is 5. The van der Waals surface area contributed by atoms with E-state index in [2.05, 4.69) is 10.6 Å². The molecule has 0 aliphatic rings. The normalized spacial score (nSPS) is 11.9. The van der Waals surface area contributed by atoms with Gasteiger partial charge in [-0.1, -0.05) is 52.4 Å². The first kappa shape index (κ1) is 33.3. The van der Waals surface area contributed by atoms with E-state index in [1.807, 2.05) is 13.8 Å². The van der Waals surface area contributed by atoms with E-state index in [1.165, 1.54) is 0 Å². The van der Waals surface area contributed by atoms with Crippen molar-refractivity contribution in [3.63, 3.8) is 0 Å². The summed E-state index contributed by atoms with van der Waals surface area (Å²) in [6.07, 6.45) is 9.88. The zero-order valence-electron chi connectivity index (χ0n) is 21.8. The number of nitrogens with zero attached hydrogens (tertiary/aromatic N) is 1. The van der Waals surface area contributed by atoms with E-state index in [0.717, 1.165) is 62.8 Å². The fourth-order valence-corrected chi connectivity index (χ4v) is 3.75. The lowest BCUT2D eigenvalue weighted by Gasteiger charge is -2.25. The van der Waals surface area contributed by atoms with Crippen LogP contribution in [0, 0.1) is 5.92 Å². The lowest BCUT2D eigenvalue weighted by molar-refractivity contribution is -0.149. The van der Waals surface area contributed by atoms with Crippen molar-refractivity contribution in [3.8, 4) is 0 Å². The Labute approximate surface area is 214 Å². The van der Waals surface area contributed by atoms with Gasteiger partial charge in [-0.05, 0) is 32.1 Å². The van der Waals surface area contributed by atoms with Crippen LogP contribution in [-0.2, 0) is 24.0 Å². The van der Waals surface area contributed by atoms with E-state index >= 15 is 0 Å². The lowest BCUT2D eigenvalue weighted by atomic mass is 10.1. The average molecular weight is 516 g/mol. The Morgan fingerprint density at radius 2 is 1.14 bits per heavy atom. The SMILES string of the molecule is CC(C)C(=O)NCCCCCCCCCCC(=O)NCCCCC(C(=O)O)N(CC(=O)O)CC(=O)O. The molecule has 0 aromatic heterocycles. The Bertz CT molecular complexity index is 668. The molecule has 0 aliphatic carbocycles. The van der Waals surface area contributed by atoms with Gasteiger partial charge in [0.15, 0.2) is 0 Å². The van der Waals surface area contributed by atoms with Gasteiger partial charge in [0.2, 0.25) is 11.8 Å². The molecule has 0 rings (SSSR count). The van der Waals surface area contributed by atoms with E-state index < -0.39 is 37.0 Å². The van der Waals surface area contributed by atoms with E-state index in [1.54, 1.807) is 0 Å². The number of hydrogen-bond donors (Lipinski definition) is 5. The summed E-state index contributed by atoms with van der Waals surface area (Å²) < 4.78 is 0. The minimum absolute atomic E-state index is 0.0267. The van der Waals surface area contributed by atoms with Gasteiger partial charge in [0, 0.05) is 25.4 Å². The molecule has 0 saturated carbocycles. The van der Waals surface area contributed by atoms with Gasteiger partial charge in [0.1, 0.15) is 6.04 Å². The maximum absolute atomic E-state index is 12.0. The van der Waals surface area contributed by atoms with E-state index in [-0.39, 0.29) is 24.2 Å². The van der Waals surface area contributed by atoms with Crippen LogP contribution in [0.15, 0.2) is 0 Å². The van der Waals surface area contributed by atoms with Crippen LogP contribution in [0.1, 0.15) is 90.9 Å². The Morgan fingerprint density at radius 1 is 0.667 bits per heavy atom. The second kappa shape index (κ2) is 20.5. The lowest BCUT2D eigenvalue weighted by Crippen LogP contribution is -2.46. The van der Waals surface area contributed by atoms with Crippen molar-refractivity contribution >= 4 is 29.7 Å². The van der Waals surface area contributed by atoms with E-state index in [4.69, 9.17) is 10.2 Å². The molecule has 5 N–H and O–H groups in total. The van der Waals surface area contributed by atoms with Crippen LogP contribution in [0.3, 0.4) is 0 Å².